The fraction of sp³-hybridized carbons (Fsp3) is 0.625. The minimum Gasteiger partial charge on any atom is -0.390 e. The second-order valence-corrected chi connectivity index (χ2v) is 3.53. The van der Waals surface area contributed by atoms with E-state index >= 15 is 0 Å². The Balaban J connectivity index is 2.71. The van der Waals surface area contributed by atoms with Gasteiger partial charge in [-0.1, -0.05) is 13.8 Å². The SMILES string of the molecule is CCC(C)c1nc(CO)cs1. The molecule has 0 fully saturated rings. The average molecular weight is 171 g/mol. The Labute approximate surface area is 70.9 Å². The first-order valence-corrected chi connectivity index (χ1v) is 4.71. The van der Waals surface area contributed by atoms with Crippen LogP contribution in [0.15, 0.2) is 5.38 Å². The van der Waals surface area contributed by atoms with Gasteiger partial charge in [-0.15, -0.1) is 11.3 Å². The quantitative estimate of drug-likeness (QED) is 0.756. The topological polar surface area (TPSA) is 33.1 Å². The summed E-state index contributed by atoms with van der Waals surface area (Å²) in [7, 11) is 0. The molecule has 2 nitrogen and oxygen atoms in total. The maximum Gasteiger partial charge on any atom is 0.0957 e. The molecule has 1 heterocycles. The Morgan fingerprint density at radius 2 is 2.45 bits per heavy atom. The van der Waals surface area contributed by atoms with E-state index in [4.69, 9.17) is 5.11 Å². The van der Waals surface area contributed by atoms with Crippen molar-refractivity contribution in [3.05, 3.63) is 16.1 Å². The van der Waals surface area contributed by atoms with Crippen molar-refractivity contribution in [1.29, 1.82) is 0 Å². The number of aliphatic hydroxyl groups excluding tert-OH is 1. The molecule has 1 aromatic rings. The normalized spacial score (nSPS) is 13.4. The molecule has 0 saturated heterocycles. The monoisotopic (exact) mass is 171 g/mol. The molecule has 0 aromatic carbocycles. The summed E-state index contributed by atoms with van der Waals surface area (Å²) in [6.45, 7) is 4.36. The molecule has 0 aliphatic rings. The van der Waals surface area contributed by atoms with Gasteiger partial charge in [0.2, 0.25) is 0 Å². The van der Waals surface area contributed by atoms with Crippen molar-refractivity contribution < 1.29 is 5.11 Å². The van der Waals surface area contributed by atoms with Crippen molar-refractivity contribution >= 4 is 11.3 Å². The van der Waals surface area contributed by atoms with E-state index in [0.717, 1.165) is 17.1 Å². The second-order valence-electron chi connectivity index (χ2n) is 2.64. The molecule has 1 N–H and O–H groups in total. The van der Waals surface area contributed by atoms with E-state index in [-0.39, 0.29) is 6.61 Å². The van der Waals surface area contributed by atoms with Gasteiger partial charge in [0.1, 0.15) is 0 Å². The molecule has 1 unspecified atom stereocenters. The summed E-state index contributed by atoms with van der Waals surface area (Å²) in [6.07, 6.45) is 1.11. The molecule has 0 aliphatic heterocycles. The highest BCUT2D eigenvalue weighted by Crippen LogP contribution is 2.22. The zero-order chi connectivity index (χ0) is 8.27. The molecule has 0 radical (unpaired) electrons. The van der Waals surface area contributed by atoms with Gasteiger partial charge in [-0.2, -0.15) is 0 Å². The van der Waals surface area contributed by atoms with Gasteiger partial charge >= 0.3 is 0 Å². The Morgan fingerprint density at radius 1 is 1.73 bits per heavy atom. The van der Waals surface area contributed by atoms with Gasteiger partial charge in [-0.25, -0.2) is 4.98 Å². The molecule has 3 heteroatoms. The predicted octanol–water partition coefficient (Wildman–Crippen LogP) is 2.15. The van der Waals surface area contributed by atoms with E-state index < -0.39 is 0 Å². The highest BCUT2D eigenvalue weighted by Gasteiger charge is 2.06. The molecular weight excluding hydrogens is 158 g/mol. The van der Waals surface area contributed by atoms with Crippen LogP contribution in [0.5, 0.6) is 0 Å². The Hall–Kier alpha value is -0.410. The standard InChI is InChI=1S/C8H13NOS/c1-3-6(2)8-9-7(4-10)5-11-8/h5-6,10H,3-4H2,1-2H3. The van der Waals surface area contributed by atoms with Crippen LogP contribution < -0.4 is 0 Å². The third-order valence-corrected chi connectivity index (χ3v) is 2.89. The average Bonchev–Trinajstić information content (AvgIpc) is 2.50. The van der Waals surface area contributed by atoms with E-state index in [1.54, 1.807) is 11.3 Å². The molecule has 0 aliphatic carbocycles. The van der Waals surface area contributed by atoms with E-state index in [0.29, 0.717) is 5.92 Å². The van der Waals surface area contributed by atoms with E-state index in [1.807, 2.05) is 5.38 Å². The van der Waals surface area contributed by atoms with Crippen LogP contribution >= 0.6 is 11.3 Å². The minimum atomic E-state index is 0.0624. The molecular formula is C8H13NOS. The van der Waals surface area contributed by atoms with Crippen LogP contribution in [-0.4, -0.2) is 10.1 Å². The molecule has 1 aromatic heterocycles. The first kappa shape index (κ1) is 8.68. The largest absolute Gasteiger partial charge is 0.390 e. The Kier molecular flexibility index (Phi) is 3.02. The van der Waals surface area contributed by atoms with Gasteiger partial charge in [0.15, 0.2) is 0 Å². The van der Waals surface area contributed by atoms with Crippen molar-refractivity contribution in [3.8, 4) is 0 Å². The molecule has 0 amide bonds. The molecule has 0 saturated carbocycles. The highest BCUT2D eigenvalue weighted by atomic mass is 32.1. The van der Waals surface area contributed by atoms with Gasteiger partial charge in [0, 0.05) is 11.3 Å². The summed E-state index contributed by atoms with van der Waals surface area (Å²) < 4.78 is 0. The third-order valence-electron chi connectivity index (χ3n) is 1.77. The van der Waals surface area contributed by atoms with Gasteiger partial charge in [-0.05, 0) is 6.42 Å². The molecule has 62 valence electrons. The summed E-state index contributed by atoms with van der Waals surface area (Å²) in [5.41, 5.74) is 0.797. The van der Waals surface area contributed by atoms with Crippen LogP contribution in [0.1, 0.15) is 36.9 Å². The fourth-order valence-corrected chi connectivity index (χ4v) is 1.75. The van der Waals surface area contributed by atoms with E-state index in [2.05, 4.69) is 18.8 Å². The number of nitrogens with zero attached hydrogens (tertiary/aromatic N) is 1. The number of thiazole rings is 1. The molecule has 0 bridgehead atoms. The predicted molar refractivity (Wildman–Crippen MR) is 46.7 cm³/mol. The molecule has 0 spiro atoms. The van der Waals surface area contributed by atoms with Crippen LogP contribution in [0.2, 0.25) is 0 Å². The van der Waals surface area contributed by atoms with Crippen LogP contribution in [0.4, 0.5) is 0 Å². The van der Waals surface area contributed by atoms with Gasteiger partial charge < -0.3 is 5.11 Å². The lowest BCUT2D eigenvalue weighted by atomic mass is 10.1. The first-order valence-electron chi connectivity index (χ1n) is 3.83. The lowest BCUT2D eigenvalue weighted by molar-refractivity contribution is 0.277. The van der Waals surface area contributed by atoms with E-state index in [1.165, 1.54) is 0 Å². The highest BCUT2D eigenvalue weighted by molar-refractivity contribution is 7.09. The van der Waals surface area contributed by atoms with Crippen molar-refractivity contribution in [1.82, 2.24) is 4.98 Å². The summed E-state index contributed by atoms with van der Waals surface area (Å²) in [6, 6.07) is 0. The number of hydrogen-bond acceptors (Lipinski definition) is 3. The lowest BCUT2D eigenvalue weighted by Crippen LogP contribution is -1.91. The number of aromatic nitrogens is 1. The maximum atomic E-state index is 8.75. The third kappa shape index (κ3) is 2.01. The van der Waals surface area contributed by atoms with Gasteiger partial charge in [0.25, 0.3) is 0 Å². The Bertz CT molecular complexity index is 222. The zero-order valence-electron chi connectivity index (χ0n) is 6.87. The maximum absolute atomic E-state index is 8.75. The van der Waals surface area contributed by atoms with Crippen LogP contribution in [0, 0.1) is 0 Å². The number of aliphatic hydroxyl groups is 1. The van der Waals surface area contributed by atoms with Crippen molar-refractivity contribution in [3.63, 3.8) is 0 Å². The van der Waals surface area contributed by atoms with Gasteiger partial charge in [0.05, 0.1) is 17.3 Å². The smallest absolute Gasteiger partial charge is 0.0957 e. The van der Waals surface area contributed by atoms with Crippen LogP contribution in [0.25, 0.3) is 0 Å². The fourth-order valence-electron chi connectivity index (χ4n) is 0.796. The summed E-state index contributed by atoms with van der Waals surface area (Å²) in [5.74, 6) is 0.528. The van der Waals surface area contributed by atoms with Crippen molar-refractivity contribution in [2.75, 3.05) is 0 Å². The first-order chi connectivity index (χ1) is 5.27. The van der Waals surface area contributed by atoms with Crippen molar-refractivity contribution in [2.24, 2.45) is 0 Å². The number of rotatable bonds is 3. The van der Waals surface area contributed by atoms with Crippen molar-refractivity contribution in [2.45, 2.75) is 32.8 Å². The lowest BCUT2D eigenvalue weighted by Gasteiger charge is -2.01. The summed E-state index contributed by atoms with van der Waals surface area (Å²) in [5, 5.41) is 11.8. The molecule has 1 rings (SSSR count). The summed E-state index contributed by atoms with van der Waals surface area (Å²) in [4.78, 5) is 4.27. The molecule has 1 atom stereocenters. The van der Waals surface area contributed by atoms with Gasteiger partial charge in [-0.3, -0.25) is 0 Å². The zero-order valence-corrected chi connectivity index (χ0v) is 7.69. The molecule has 11 heavy (non-hydrogen) atoms. The second kappa shape index (κ2) is 3.83. The minimum absolute atomic E-state index is 0.0624. The Morgan fingerprint density at radius 3 is 2.91 bits per heavy atom. The number of hydrogen-bond donors (Lipinski definition) is 1. The summed E-state index contributed by atoms with van der Waals surface area (Å²) >= 11 is 1.64. The van der Waals surface area contributed by atoms with E-state index in [9.17, 15) is 0 Å². The van der Waals surface area contributed by atoms with Crippen LogP contribution in [-0.2, 0) is 6.61 Å². The van der Waals surface area contributed by atoms with Crippen LogP contribution in [0.3, 0.4) is 0 Å².